The van der Waals surface area contributed by atoms with Gasteiger partial charge in [0.15, 0.2) is 5.58 Å². The maximum absolute atomic E-state index is 12.3. The van der Waals surface area contributed by atoms with E-state index in [9.17, 15) is 9.59 Å². The first-order chi connectivity index (χ1) is 13.4. The number of carbonyl (C=O) groups excluding carboxylic acids is 2. The maximum Gasteiger partial charge on any atom is 0.319 e. The number of halogens is 1. The number of aromatic nitrogens is 1. The van der Waals surface area contributed by atoms with Crippen molar-refractivity contribution in [3.8, 4) is 0 Å². The molecule has 1 saturated carbocycles. The van der Waals surface area contributed by atoms with E-state index in [0.717, 1.165) is 37.7 Å². The average molecular weight is 407 g/mol. The van der Waals surface area contributed by atoms with Crippen molar-refractivity contribution in [3.05, 3.63) is 22.5 Å². The topological polar surface area (TPSA) is 96.7 Å². The van der Waals surface area contributed by atoms with E-state index in [-0.39, 0.29) is 25.2 Å². The van der Waals surface area contributed by atoms with Crippen LogP contribution in [0.25, 0.3) is 11.1 Å². The van der Waals surface area contributed by atoms with Crippen LogP contribution in [0.3, 0.4) is 0 Å². The van der Waals surface area contributed by atoms with Gasteiger partial charge in [-0.15, -0.1) is 0 Å². The van der Waals surface area contributed by atoms with E-state index in [1.807, 2.05) is 0 Å². The molecule has 9 heteroatoms. The fourth-order valence-electron chi connectivity index (χ4n) is 4.03. The van der Waals surface area contributed by atoms with Crippen LogP contribution in [0.4, 0.5) is 10.5 Å². The third-order valence-corrected chi connectivity index (χ3v) is 5.70. The normalized spacial score (nSPS) is 17.9. The largest absolute Gasteiger partial charge is 0.438 e. The summed E-state index contributed by atoms with van der Waals surface area (Å²) in [5, 5.41) is 6.37. The number of ether oxygens (including phenoxy) is 1. The molecule has 4 rings (SSSR count). The highest BCUT2D eigenvalue weighted by molar-refractivity contribution is 6.35. The van der Waals surface area contributed by atoms with Crippen molar-refractivity contribution in [2.24, 2.45) is 0 Å². The van der Waals surface area contributed by atoms with Gasteiger partial charge in [0.1, 0.15) is 18.7 Å². The molecule has 1 aliphatic carbocycles. The van der Waals surface area contributed by atoms with Crippen molar-refractivity contribution >= 4 is 40.3 Å². The Kier molecular flexibility index (Phi) is 4.93. The molecule has 1 aromatic carbocycles. The molecular formula is C19H23ClN4O4. The monoisotopic (exact) mass is 406 g/mol. The Morgan fingerprint density at radius 1 is 1.36 bits per heavy atom. The fraction of sp³-hybridized carbons (Fsp3) is 0.526. The fourth-order valence-corrected chi connectivity index (χ4v) is 4.28. The number of nitrogens with one attached hydrogen (secondary N) is 2. The maximum atomic E-state index is 12.3. The van der Waals surface area contributed by atoms with Gasteiger partial charge in [0.05, 0.1) is 16.2 Å². The lowest BCUT2D eigenvalue weighted by atomic mass is 9.74. The summed E-state index contributed by atoms with van der Waals surface area (Å²) < 4.78 is 11.5. The summed E-state index contributed by atoms with van der Waals surface area (Å²) >= 11 is 6.47. The summed E-state index contributed by atoms with van der Waals surface area (Å²) in [5.74, 6) is 0.235. The SMILES string of the molecule is CN(C)C(=O)COCc1nc2cc(Cl)c3c(c2o1)C1(CCCCC1)NC(=O)N3. The number of rotatable bonds is 4. The smallest absolute Gasteiger partial charge is 0.319 e. The summed E-state index contributed by atoms with van der Waals surface area (Å²) in [4.78, 5) is 29.9. The van der Waals surface area contributed by atoms with Gasteiger partial charge in [0, 0.05) is 19.7 Å². The van der Waals surface area contributed by atoms with Crippen molar-refractivity contribution in [2.75, 3.05) is 26.0 Å². The van der Waals surface area contributed by atoms with E-state index in [0.29, 0.717) is 27.7 Å². The Bertz CT molecular complexity index is 934. The molecule has 1 aromatic heterocycles. The lowest BCUT2D eigenvalue weighted by Gasteiger charge is -2.42. The second kappa shape index (κ2) is 7.25. The molecule has 3 amide bonds. The number of hydrogen-bond donors (Lipinski definition) is 2. The standard InChI is InChI=1S/C19H23ClN4O4/c1-24(2)14(25)10-27-9-13-21-12-8-11(20)16-15(17(12)28-13)19(23-18(26)22-16)6-4-3-5-7-19/h8H,3-7,9-10H2,1-2H3,(H2,22,23,26). The molecule has 2 aromatic rings. The molecule has 0 unspecified atom stereocenters. The molecule has 1 fully saturated rings. The number of fused-ring (bicyclic) bond motifs is 4. The molecule has 2 heterocycles. The van der Waals surface area contributed by atoms with Gasteiger partial charge < -0.3 is 24.7 Å². The number of benzene rings is 1. The lowest BCUT2D eigenvalue weighted by molar-refractivity contribution is -0.134. The van der Waals surface area contributed by atoms with Crippen molar-refractivity contribution in [2.45, 2.75) is 44.2 Å². The van der Waals surface area contributed by atoms with Gasteiger partial charge in [-0.3, -0.25) is 4.79 Å². The van der Waals surface area contributed by atoms with Crippen LogP contribution in [0.1, 0.15) is 43.6 Å². The van der Waals surface area contributed by atoms with Crippen molar-refractivity contribution in [3.63, 3.8) is 0 Å². The second-order valence-corrected chi connectivity index (χ2v) is 7.97. The van der Waals surface area contributed by atoms with Crippen molar-refractivity contribution in [1.29, 1.82) is 0 Å². The number of oxazole rings is 1. The molecule has 0 atom stereocenters. The summed E-state index contributed by atoms with van der Waals surface area (Å²) in [6.07, 6.45) is 4.83. The zero-order valence-corrected chi connectivity index (χ0v) is 16.7. The number of nitrogens with zero attached hydrogens (tertiary/aromatic N) is 2. The number of amides is 3. The van der Waals surface area contributed by atoms with Crippen LogP contribution in [-0.4, -0.2) is 42.5 Å². The van der Waals surface area contributed by atoms with E-state index in [4.69, 9.17) is 20.8 Å². The second-order valence-electron chi connectivity index (χ2n) is 7.57. The predicted octanol–water partition coefficient (Wildman–Crippen LogP) is 3.38. The highest BCUT2D eigenvalue weighted by Crippen LogP contribution is 2.48. The summed E-state index contributed by atoms with van der Waals surface area (Å²) in [5.41, 5.74) is 2.16. The van der Waals surface area contributed by atoms with Gasteiger partial charge in [0.2, 0.25) is 11.8 Å². The molecule has 0 radical (unpaired) electrons. The van der Waals surface area contributed by atoms with Gasteiger partial charge in [-0.1, -0.05) is 30.9 Å². The Labute approximate surface area is 167 Å². The number of likely N-dealkylation sites (N-methyl/N-ethyl adjacent to an activating group) is 1. The minimum absolute atomic E-state index is 0.0495. The summed E-state index contributed by atoms with van der Waals surface area (Å²) in [6, 6.07) is 1.44. The third kappa shape index (κ3) is 3.31. The average Bonchev–Trinajstić information content (AvgIpc) is 3.04. The first kappa shape index (κ1) is 19.0. The van der Waals surface area contributed by atoms with Gasteiger partial charge in [-0.2, -0.15) is 0 Å². The molecule has 8 nitrogen and oxygen atoms in total. The Morgan fingerprint density at radius 3 is 2.82 bits per heavy atom. The van der Waals surface area contributed by atoms with Crippen molar-refractivity contribution in [1.82, 2.24) is 15.2 Å². The first-order valence-corrected chi connectivity index (χ1v) is 9.77. The van der Waals surface area contributed by atoms with E-state index in [1.54, 1.807) is 20.2 Å². The lowest BCUT2D eigenvalue weighted by Crippen LogP contribution is -2.52. The molecule has 2 aliphatic rings. The van der Waals surface area contributed by atoms with Crippen molar-refractivity contribution < 1.29 is 18.7 Å². The van der Waals surface area contributed by atoms with Crippen LogP contribution in [0, 0.1) is 0 Å². The van der Waals surface area contributed by atoms with Crippen LogP contribution in [0.2, 0.25) is 5.02 Å². The van der Waals surface area contributed by atoms with Gasteiger partial charge in [-0.25, -0.2) is 9.78 Å². The van der Waals surface area contributed by atoms with Crippen LogP contribution in [0.15, 0.2) is 10.5 Å². The molecule has 1 aliphatic heterocycles. The van der Waals surface area contributed by atoms with E-state index in [1.165, 1.54) is 4.90 Å². The molecule has 0 bridgehead atoms. The predicted molar refractivity (Wildman–Crippen MR) is 104 cm³/mol. The van der Waals surface area contributed by atoms with E-state index in [2.05, 4.69) is 15.6 Å². The van der Waals surface area contributed by atoms with Gasteiger partial charge in [-0.05, 0) is 18.9 Å². The summed E-state index contributed by atoms with van der Waals surface area (Å²) in [6.45, 7) is 0.0274. The van der Waals surface area contributed by atoms with Gasteiger partial charge in [0.25, 0.3) is 0 Å². The van der Waals surface area contributed by atoms with Gasteiger partial charge >= 0.3 is 6.03 Å². The molecule has 28 heavy (non-hydrogen) atoms. The number of anilines is 1. The number of urea groups is 1. The van der Waals surface area contributed by atoms with Crippen LogP contribution < -0.4 is 10.6 Å². The quantitative estimate of drug-likeness (QED) is 0.811. The Morgan fingerprint density at radius 2 is 2.11 bits per heavy atom. The number of carbonyl (C=O) groups is 2. The molecule has 2 N–H and O–H groups in total. The van der Waals surface area contributed by atoms with Crippen LogP contribution >= 0.6 is 11.6 Å². The Balaban J connectivity index is 1.71. The van der Waals surface area contributed by atoms with Crippen LogP contribution in [-0.2, 0) is 21.7 Å². The Hall–Kier alpha value is -2.32. The third-order valence-electron chi connectivity index (χ3n) is 5.40. The molecule has 1 spiro atoms. The minimum Gasteiger partial charge on any atom is -0.438 e. The zero-order valence-electron chi connectivity index (χ0n) is 15.9. The first-order valence-electron chi connectivity index (χ1n) is 9.39. The van der Waals surface area contributed by atoms with E-state index < -0.39 is 5.54 Å². The highest BCUT2D eigenvalue weighted by atomic mass is 35.5. The highest BCUT2D eigenvalue weighted by Gasteiger charge is 2.44. The molecule has 0 saturated heterocycles. The summed E-state index contributed by atoms with van der Waals surface area (Å²) in [7, 11) is 3.34. The zero-order chi connectivity index (χ0) is 19.9. The molecular weight excluding hydrogens is 384 g/mol. The molecule has 150 valence electrons. The van der Waals surface area contributed by atoms with Crippen LogP contribution in [0.5, 0.6) is 0 Å². The number of hydrogen-bond acceptors (Lipinski definition) is 5. The van der Waals surface area contributed by atoms with E-state index >= 15 is 0 Å². The minimum atomic E-state index is -0.502.